The number of carbonyl (C=O) groups is 1. The zero-order valence-electron chi connectivity index (χ0n) is 13.0. The van der Waals surface area contributed by atoms with E-state index < -0.39 is 0 Å². The quantitative estimate of drug-likeness (QED) is 0.820. The summed E-state index contributed by atoms with van der Waals surface area (Å²) in [6.07, 6.45) is 3.49. The van der Waals surface area contributed by atoms with Crippen LogP contribution in [0.2, 0.25) is 0 Å². The summed E-state index contributed by atoms with van der Waals surface area (Å²) in [4.78, 5) is 18.8. The van der Waals surface area contributed by atoms with E-state index in [0.29, 0.717) is 23.6 Å². The lowest BCUT2D eigenvalue weighted by molar-refractivity contribution is 0.0723. The maximum Gasteiger partial charge on any atom is 0.259 e. The number of amides is 1. The molecule has 0 saturated heterocycles. The number of carbonyl (C=O) groups excluding carboxylic acids is 1. The summed E-state index contributed by atoms with van der Waals surface area (Å²) < 4.78 is 19.4. The molecule has 0 atom stereocenters. The number of aromatic nitrogens is 1. The highest BCUT2D eigenvalue weighted by Gasteiger charge is 2.34. The first kappa shape index (κ1) is 15.5. The lowest BCUT2D eigenvalue weighted by Gasteiger charge is -2.23. The third kappa shape index (κ3) is 3.50. The Balaban J connectivity index is 1.87. The lowest BCUT2D eigenvalue weighted by Crippen LogP contribution is -2.33. The van der Waals surface area contributed by atoms with Gasteiger partial charge >= 0.3 is 0 Å². The van der Waals surface area contributed by atoms with Crippen molar-refractivity contribution in [2.45, 2.75) is 32.4 Å². The van der Waals surface area contributed by atoms with E-state index in [1.165, 1.54) is 6.07 Å². The highest BCUT2D eigenvalue weighted by atomic mass is 19.1. The molecule has 3 rings (SSSR count). The Morgan fingerprint density at radius 2 is 2.09 bits per heavy atom. The van der Waals surface area contributed by atoms with Gasteiger partial charge in [0.2, 0.25) is 5.88 Å². The van der Waals surface area contributed by atoms with Crippen LogP contribution in [0.25, 0.3) is 0 Å². The third-order valence-corrected chi connectivity index (χ3v) is 3.83. The van der Waals surface area contributed by atoms with E-state index in [2.05, 4.69) is 4.98 Å². The lowest BCUT2D eigenvalue weighted by atomic mass is 10.1. The van der Waals surface area contributed by atoms with Gasteiger partial charge in [0.15, 0.2) is 0 Å². The second-order valence-electron chi connectivity index (χ2n) is 5.54. The molecule has 1 heterocycles. The summed E-state index contributed by atoms with van der Waals surface area (Å²) in [6.45, 7) is 2.55. The molecule has 1 aromatic carbocycles. The van der Waals surface area contributed by atoms with E-state index in [1.54, 1.807) is 41.4 Å². The molecule has 0 unspecified atom stereocenters. The van der Waals surface area contributed by atoms with Crippen molar-refractivity contribution in [1.82, 2.24) is 9.88 Å². The zero-order chi connectivity index (χ0) is 16.2. The number of hydrogen-bond donors (Lipinski definition) is 0. The number of ether oxygens (including phenoxy) is 1. The summed E-state index contributed by atoms with van der Waals surface area (Å²) in [7, 11) is 0. The molecule has 1 aliphatic carbocycles. The SMILES string of the molecule is CCOc1ncccc1C(=O)N(Cc1ccccc1F)C1CC1. The topological polar surface area (TPSA) is 42.4 Å². The van der Waals surface area contributed by atoms with Crippen LogP contribution < -0.4 is 4.74 Å². The molecule has 0 spiro atoms. The van der Waals surface area contributed by atoms with Gasteiger partial charge in [-0.25, -0.2) is 9.37 Å². The summed E-state index contributed by atoms with van der Waals surface area (Å²) in [5.41, 5.74) is 0.951. The van der Waals surface area contributed by atoms with Gasteiger partial charge in [-0.15, -0.1) is 0 Å². The average molecular weight is 314 g/mol. The van der Waals surface area contributed by atoms with Crippen LogP contribution in [0.1, 0.15) is 35.7 Å². The molecule has 1 fully saturated rings. The third-order valence-electron chi connectivity index (χ3n) is 3.83. The maximum absolute atomic E-state index is 13.9. The van der Waals surface area contributed by atoms with Crippen molar-refractivity contribution >= 4 is 5.91 Å². The van der Waals surface area contributed by atoms with Crippen molar-refractivity contribution in [2.75, 3.05) is 6.61 Å². The Hall–Kier alpha value is -2.43. The van der Waals surface area contributed by atoms with Crippen molar-refractivity contribution in [1.29, 1.82) is 0 Å². The molecule has 4 nitrogen and oxygen atoms in total. The zero-order valence-corrected chi connectivity index (χ0v) is 13.0. The van der Waals surface area contributed by atoms with Gasteiger partial charge in [-0.2, -0.15) is 0 Å². The van der Waals surface area contributed by atoms with Gasteiger partial charge in [0, 0.05) is 24.3 Å². The highest BCUT2D eigenvalue weighted by Crippen LogP contribution is 2.31. The molecular formula is C18H19FN2O2. The molecule has 23 heavy (non-hydrogen) atoms. The van der Waals surface area contributed by atoms with Gasteiger partial charge in [-0.3, -0.25) is 4.79 Å². The van der Waals surface area contributed by atoms with Crippen molar-refractivity contribution in [3.63, 3.8) is 0 Å². The van der Waals surface area contributed by atoms with Crippen LogP contribution >= 0.6 is 0 Å². The monoisotopic (exact) mass is 314 g/mol. The Morgan fingerprint density at radius 3 is 2.78 bits per heavy atom. The minimum Gasteiger partial charge on any atom is -0.477 e. The normalized spacial score (nSPS) is 13.7. The van der Waals surface area contributed by atoms with Crippen LogP contribution in [0.3, 0.4) is 0 Å². The molecule has 1 saturated carbocycles. The number of halogens is 1. The number of rotatable bonds is 6. The summed E-state index contributed by atoms with van der Waals surface area (Å²) >= 11 is 0. The number of nitrogens with zero attached hydrogens (tertiary/aromatic N) is 2. The Morgan fingerprint density at radius 1 is 1.30 bits per heavy atom. The molecule has 0 aliphatic heterocycles. The largest absolute Gasteiger partial charge is 0.477 e. The van der Waals surface area contributed by atoms with Crippen LogP contribution in [0, 0.1) is 5.82 Å². The smallest absolute Gasteiger partial charge is 0.259 e. The Bertz CT molecular complexity index is 701. The first-order chi connectivity index (χ1) is 11.2. The summed E-state index contributed by atoms with van der Waals surface area (Å²) in [5.74, 6) is -0.117. The minimum atomic E-state index is -0.290. The Labute approximate surface area is 134 Å². The maximum atomic E-state index is 13.9. The van der Waals surface area contributed by atoms with Crippen LogP contribution in [-0.4, -0.2) is 28.4 Å². The van der Waals surface area contributed by atoms with E-state index in [1.807, 2.05) is 6.92 Å². The van der Waals surface area contributed by atoms with Gasteiger partial charge in [0.05, 0.1) is 6.61 Å². The molecule has 1 amide bonds. The van der Waals surface area contributed by atoms with E-state index in [9.17, 15) is 9.18 Å². The fourth-order valence-electron chi connectivity index (χ4n) is 2.52. The van der Waals surface area contributed by atoms with Crippen LogP contribution in [0.15, 0.2) is 42.6 Å². The van der Waals surface area contributed by atoms with Gasteiger partial charge in [0.1, 0.15) is 11.4 Å². The van der Waals surface area contributed by atoms with Gasteiger partial charge in [-0.1, -0.05) is 18.2 Å². The first-order valence-corrected chi connectivity index (χ1v) is 7.83. The second-order valence-corrected chi connectivity index (χ2v) is 5.54. The number of pyridine rings is 1. The molecule has 120 valence electrons. The second kappa shape index (κ2) is 6.77. The molecule has 0 bridgehead atoms. The predicted molar refractivity (Wildman–Crippen MR) is 84.7 cm³/mol. The van der Waals surface area contributed by atoms with E-state index in [-0.39, 0.29) is 24.3 Å². The first-order valence-electron chi connectivity index (χ1n) is 7.83. The standard InChI is InChI=1S/C18H19FN2O2/c1-2-23-17-15(7-5-11-20-17)18(22)21(14-9-10-14)12-13-6-3-4-8-16(13)19/h3-8,11,14H,2,9-10,12H2,1H3. The minimum absolute atomic E-state index is 0.160. The van der Waals surface area contributed by atoms with Gasteiger partial charge < -0.3 is 9.64 Å². The molecule has 1 aliphatic rings. The van der Waals surface area contributed by atoms with Crippen molar-refractivity contribution < 1.29 is 13.9 Å². The molecule has 2 aromatic rings. The van der Waals surface area contributed by atoms with E-state index in [4.69, 9.17) is 4.74 Å². The molecular weight excluding hydrogens is 295 g/mol. The van der Waals surface area contributed by atoms with Crippen LogP contribution in [-0.2, 0) is 6.54 Å². The fraction of sp³-hybridized carbons (Fsp3) is 0.333. The number of hydrogen-bond acceptors (Lipinski definition) is 3. The molecule has 5 heteroatoms. The molecule has 1 aromatic heterocycles. The fourth-order valence-corrected chi connectivity index (χ4v) is 2.52. The highest BCUT2D eigenvalue weighted by molar-refractivity contribution is 5.96. The molecule has 0 N–H and O–H groups in total. The predicted octanol–water partition coefficient (Wildman–Crippen LogP) is 3.42. The van der Waals surface area contributed by atoms with Crippen molar-refractivity contribution in [2.24, 2.45) is 0 Å². The summed E-state index contributed by atoms with van der Waals surface area (Å²) in [6, 6.07) is 10.1. The average Bonchev–Trinajstić information content (AvgIpc) is 3.39. The van der Waals surface area contributed by atoms with Crippen molar-refractivity contribution in [3.8, 4) is 5.88 Å². The molecule has 0 radical (unpaired) electrons. The van der Waals surface area contributed by atoms with Crippen LogP contribution in [0.4, 0.5) is 4.39 Å². The van der Waals surface area contributed by atoms with Crippen molar-refractivity contribution in [3.05, 3.63) is 59.5 Å². The van der Waals surface area contributed by atoms with Crippen LogP contribution in [0.5, 0.6) is 5.88 Å². The Kier molecular flexibility index (Phi) is 4.55. The summed E-state index contributed by atoms with van der Waals surface area (Å²) in [5, 5.41) is 0. The number of benzene rings is 1. The van der Waals surface area contributed by atoms with E-state index in [0.717, 1.165) is 12.8 Å². The van der Waals surface area contributed by atoms with Gasteiger partial charge in [0.25, 0.3) is 5.91 Å². The van der Waals surface area contributed by atoms with E-state index >= 15 is 0 Å². The van der Waals surface area contributed by atoms with Gasteiger partial charge in [-0.05, 0) is 38.0 Å².